The fraction of sp³-hybridized carbons (Fsp3) is 0.0909. The van der Waals surface area contributed by atoms with Crippen LogP contribution < -0.4 is 15.6 Å². The second kappa shape index (κ2) is 9.23. The van der Waals surface area contributed by atoms with Gasteiger partial charge in [-0.2, -0.15) is 5.10 Å². The second-order valence-corrected chi connectivity index (χ2v) is 7.61. The molecule has 8 nitrogen and oxygen atoms in total. The lowest BCUT2D eigenvalue weighted by Crippen LogP contribution is -2.41. The number of ether oxygens (including phenoxy) is 1. The summed E-state index contributed by atoms with van der Waals surface area (Å²) in [6.07, 6.45) is 0. The highest BCUT2D eigenvalue weighted by atomic mass is 32.1. The number of rotatable bonds is 6. The number of nitrogens with one attached hydrogen (secondary N) is 3. The minimum absolute atomic E-state index is 0.197. The Morgan fingerprint density at radius 2 is 1.77 bits per heavy atom. The maximum atomic E-state index is 12.3. The van der Waals surface area contributed by atoms with Gasteiger partial charge < -0.3 is 4.74 Å². The number of carbonyl (C=O) groups excluding carboxylic acids is 2. The highest BCUT2D eigenvalue weighted by molar-refractivity contribution is 7.09. The Bertz CT molecular complexity index is 1190. The molecule has 31 heavy (non-hydrogen) atoms. The third-order valence-corrected chi connectivity index (χ3v) is 5.17. The molecule has 0 aliphatic carbocycles. The lowest BCUT2D eigenvalue weighted by molar-refractivity contribution is 0.0841. The minimum Gasteiger partial charge on any atom is -0.486 e. The van der Waals surface area contributed by atoms with Crippen LogP contribution in [0, 0.1) is 6.92 Å². The van der Waals surface area contributed by atoms with Gasteiger partial charge in [-0.05, 0) is 25.1 Å². The molecule has 0 unspecified atom stereocenters. The standard InChI is InChI=1S/C22H19N5O3S/c1-14-7-9-16(10-8-14)30-12-20-23-19(13-31-20)22(29)27-26-21(28)18-11-17(24-25-18)15-5-3-2-4-6-15/h2-11,13H,12H2,1H3,(H,24,25)(H,26,28)(H,27,29). The Balaban J connectivity index is 1.29. The molecule has 2 aromatic heterocycles. The number of aromatic nitrogens is 3. The second-order valence-electron chi connectivity index (χ2n) is 6.67. The summed E-state index contributed by atoms with van der Waals surface area (Å²) in [7, 11) is 0. The molecule has 0 spiro atoms. The quantitative estimate of drug-likeness (QED) is 0.403. The number of aromatic amines is 1. The first-order valence-corrected chi connectivity index (χ1v) is 10.3. The van der Waals surface area contributed by atoms with Crippen LogP contribution >= 0.6 is 11.3 Å². The highest BCUT2D eigenvalue weighted by Crippen LogP contribution is 2.17. The van der Waals surface area contributed by atoms with E-state index in [0.29, 0.717) is 10.7 Å². The molecule has 9 heteroatoms. The fourth-order valence-corrected chi connectivity index (χ4v) is 3.39. The van der Waals surface area contributed by atoms with E-state index in [2.05, 4.69) is 26.0 Å². The maximum Gasteiger partial charge on any atom is 0.289 e. The average Bonchev–Trinajstić information content (AvgIpc) is 3.48. The SMILES string of the molecule is Cc1ccc(OCc2nc(C(=O)NNC(=O)c3cc(-c4ccccc4)n[nH]3)cs2)cc1. The number of benzene rings is 2. The van der Waals surface area contributed by atoms with Crippen LogP contribution in [0.2, 0.25) is 0 Å². The van der Waals surface area contributed by atoms with E-state index >= 15 is 0 Å². The van der Waals surface area contributed by atoms with Crippen molar-refractivity contribution < 1.29 is 14.3 Å². The van der Waals surface area contributed by atoms with Crippen molar-refractivity contribution in [2.45, 2.75) is 13.5 Å². The zero-order valence-electron chi connectivity index (χ0n) is 16.6. The van der Waals surface area contributed by atoms with Crippen LogP contribution in [-0.2, 0) is 6.61 Å². The molecule has 0 saturated carbocycles. The number of aryl methyl sites for hydroxylation is 1. The molecular weight excluding hydrogens is 414 g/mol. The number of nitrogens with zero attached hydrogens (tertiary/aromatic N) is 2. The first-order chi connectivity index (χ1) is 15.1. The smallest absolute Gasteiger partial charge is 0.289 e. The molecule has 4 rings (SSSR count). The molecule has 2 heterocycles. The Kier molecular flexibility index (Phi) is 6.04. The maximum absolute atomic E-state index is 12.3. The summed E-state index contributed by atoms with van der Waals surface area (Å²) in [5.74, 6) is -0.302. The van der Waals surface area contributed by atoms with E-state index in [9.17, 15) is 9.59 Å². The van der Waals surface area contributed by atoms with Crippen molar-refractivity contribution in [1.82, 2.24) is 26.0 Å². The minimum atomic E-state index is -0.519. The van der Waals surface area contributed by atoms with Crippen molar-refractivity contribution >= 4 is 23.2 Å². The lowest BCUT2D eigenvalue weighted by Gasteiger charge is -2.05. The van der Waals surface area contributed by atoms with Gasteiger partial charge in [0, 0.05) is 10.9 Å². The zero-order chi connectivity index (χ0) is 21.6. The van der Waals surface area contributed by atoms with Gasteiger partial charge in [-0.3, -0.25) is 25.5 Å². The topological polar surface area (TPSA) is 109 Å². The van der Waals surface area contributed by atoms with Gasteiger partial charge >= 0.3 is 0 Å². The van der Waals surface area contributed by atoms with Gasteiger partial charge in [0.25, 0.3) is 11.8 Å². The molecule has 0 aliphatic heterocycles. The van der Waals surface area contributed by atoms with Crippen molar-refractivity contribution in [2.75, 3.05) is 0 Å². The van der Waals surface area contributed by atoms with Crippen LogP contribution in [0.15, 0.2) is 66.0 Å². The molecular formula is C22H19N5O3S. The number of amides is 2. The molecule has 0 saturated heterocycles. The van der Waals surface area contributed by atoms with Gasteiger partial charge in [-0.25, -0.2) is 4.98 Å². The molecule has 2 amide bonds. The monoisotopic (exact) mass is 433 g/mol. The molecule has 0 atom stereocenters. The predicted molar refractivity (Wildman–Crippen MR) is 117 cm³/mol. The summed E-state index contributed by atoms with van der Waals surface area (Å²) < 4.78 is 5.67. The molecule has 156 valence electrons. The van der Waals surface area contributed by atoms with Crippen LogP contribution in [-0.4, -0.2) is 27.0 Å². The summed E-state index contributed by atoms with van der Waals surface area (Å²) in [5.41, 5.74) is 7.80. The number of thiazole rings is 1. The van der Waals surface area contributed by atoms with Gasteiger partial charge in [-0.15, -0.1) is 11.3 Å². The van der Waals surface area contributed by atoms with Crippen LogP contribution in [0.25, 0.3) is 11.3 Å². The first-order valence-electron chi connectivity index (χ1n) is 9.44. The van der Waals surface area contributed by atoms with E-state index in [-0.39, 0.29) is 18.0 Å². The van der Waals surface area contributed by atoms with Gasteiger partial charge in [0.2, 0.25) is 0 Å². The number of hydrogen-bond acceptors (Lipinski definition) is 6. The summed E-state index contributed by atoms with van der Waals surface area (Å²) in [4.78, 5) is 28.8. The predicted octanol–water partition coefficient (Wildman–Crippen LogP) is 3.50. The molecule has 4 aromatic rings. The molecule has 0 aliphatic rings. The van der Waals surface area contributed by atoms with E-state index in [1.807, 2.05) is 61.5 Å². The molecule has 0 radical (unpaired) electrons. The lowest BCUT2D eigenvalue weighted by atomic mass is 10.1. The summed E-state index contributed by atoms with van der Waals surface area (Å²) >= 11 is 1.31. The third kappa shape index (κ3) is 5.14. The highest BCUT2D eigenvalue weighted by Gasteiger charge is 2.15. The molecule has 0 bridgehead atoms. The van der Waals surface area contributed by atoms with Gasteiger partial charge in [-0.1, -0.05) is 48.0 Å². The zero-order valence-corrected chi connectivity index (χ0v) is 17.4. The van der Waals surface area contributed by atoms with Crippen LogP contribution in [0.1, 0.15) is 31.5 Å². The largest absolute Gasteiger partial charge is 0.486 e. The summed E-state index contributed by atoms with van der Waals surface area (Å²) in [5, 5.41) is 9.05. The number of H-pyrrole nitrogens is 1. The van der Waals surface area contributed by atoms with Gasteiger partial charge in [0.15, 0.2) is 0 Å². The molecule has 2 aromatic carbocycles. The van der Waals surface area contributed by atoms with Crippen molar-refractivity contribution in [1.29, 1.82) is 0 Å². The van der Waals surface area contributed by atoms with Crippen molar-refractivity contribution in [3.63, 3.8) is 0 Å². The van der Waals surface area contributed by atoms with Crippen molar-refractivity contribution in [2.24, 2.45) is 0 Å². The Morgan fingerprint density at radius 3 is 2.55 bits per heavy atom. The van der Waals surface area contributed by atoms with Gasteiger partial charge in [0.05, 0.1) is 5.69 Å². The van der Waals surface area contributed by atoms with Crippen molar-refractivity contribution in [3.8, 4) is 17.0 Å². The number of hydrogen-bond donors (Lipinski definition) is 3. The van der Waals surface area contributed by atoms with Crippen LogP contribution in [0.3, 0.4) is 0 Å². The first kappa shape index (κ1) is 20.3. The normalized spacial score (nSPS) is 10.5. The third-order valence-electron chi connectivity index (χ3n) is 4.35. The fourth-order valence-electron chi connectivity index (χ4n) is 2.70. The number of carbonyl (C=O) groups is 2. The Hall–Kier alpha value is -3.98. The molecule has 0 fully saturated rings. The Morgan fingerprint density at radius 1 is 1.03 bits per heavy atom. The Labute approximate surface area is 182 Å². The average molecular weight is 433 g/mol. The summed E-state index contributed by atoms with van der Waals surface area (Å²) in [6, 6.07) is 18.7. The van der Waals surface area contributed by atoms with E-state index in [0.717, 1.165) is 16.9 Å². The van der Waals surface area contributed by atoms with E-state index in [1.54, 1.807) is 11.4 Å². The van der Waals surface area contributed by atoms with Crippen LogP contribution in [0.5, 0.6) is 5.75 Å². The number of hydrazine groups is 1. The van der Waals surface area contributed by atoms with E-state index < -0.39 is 11.8 Å². The van der Waals surface area contributed by atoms with E-state index in [1.165, 1.54) is 11.3 Å². The van der Waals surface area contributed by atoms with Gasteiger partial charge in [0.1, 0.15) is 28.8 Å². The molecule has 3 N–H and O–H groups in total. The summed E-state index contributed by atoms with van der Waals surface area (Å²) in [6.45, 7) is 2.26. The van der Waals surface area contributed by atoms with Crippen molar-refractivity contribution in [3.05, 3.63) is 88.0 Å². The van der Waals surface area contributed by atoms with Crippen LogP contribution in [0.4, 0.5) is 0 Å². The van der Waals surface area contributed by atoms with E-state index in [4.69, 9.17) is 4.74 Å².